The average Bonchev–Trinajstić information content (AvgIpc) is 3.15. The van der Waals surface area contributed by atoms with E-state index < -0.39 is 18.5 Å². The minimum Gasteiger partial charge on any atom is -0.495 e. The summed E-state index contributed by atoms with van der Waals surface area (Å²) in [5, 5.41) is 4.53. The number of fused-ring (bicyclic) bond motifs is 3. The number of nitrogens with one attached hydrogen (secondary N) is 1. The van der Waals surface area contributed by atoms with E-state index >= 15 is 0 Å². The zero-order valence-corrected chi connectivity index (χ0v) is 17.0. The number of amides is 1. The third-order valence-corrected chi connectivity index (χ3v) is 4.60. The Morgan fingerprint density at radius 3 is 2.61 bits per heavy atom. The smallest absolute Gasteiger partial charge is 0.326 e. The molecule has 2 heterocycles. The van der Waals surface area contributed by atoms with Crippen LogP contribution in [-0.4, -0.2) is 49.2 Å². The molecule has 9 heteroatoms. The second kappa shape index (κ2) is 8.70. The lowest BCUT2D eigenvalue weighted by molar-refractivity contribution is -0.145. The largest absolute Gasteiger partial charge is 0.495 e. The van der Waals surface area contributed by atoms with Gasteiger partial charge in [-0.15, -0.1) is 0 Å². The number of likely N-dealkylation sites (N-methyl/N-ethyl adjacent to an activating group) is 1. The normalized spacial score (nSPS) is 10.8. The number of ether oxygens (including phenoxy) is 2. The lowest BCUT2D eigenvalue weighted by Crippen LogP contribution is -2.30. The number of hydrogen-bond donors (Lipinski definition) is 1. The van der Waals surface area contributed by atoms with Crippen LogP contribution in [0.5, 0.6) is 5.75 Å². The van der Waals surface area contributed by atoms with Gasteiger partial charge >= 0.3 is 5.97 Å². The quantitative estimate of drug-likeness (QED) is 0.455. The van der Waals surface area contributed by atoms with Crippen molar-refractivity contribution in [3.63, 3.8) is 0 Å². The maximum atomic E-state index is 12.3. The number of methoxy groups -OCH3 is 1. The molecule has 0 aliphatic carbocycles. The summed E-state index contributed by atoms with van der Waals surface area (Å²) in [4.78, 5) is 34.0. The molecule has 0 aliphatic heterocycles. The van der Waals surface area contributed by atoms with E-state index in [1.807, 2.05) is 24.3 Å². The summed E-state index contributed by atoms with van der Waals surface area (Å²) >= 11 is 0. The van der Waals surface area contributed by atoms with E-state index in [1.165, 1.54) is 12.0 Å². The van der Waals surface area contributed by atoms with E-state index in [0.717, 1.165) is 16.4 Å². The Kier molecular flexibility index (Phi) is 5.65. The second-order valence-corrected chi connectivity index (χ2v) is 6.76. The summed E-state index contributed by atoms with van der Waals surface area (Å²) < 4.78 is 16.3. The first-order valence-corrected chi connectivity index (χ1v) is 9.48. The molecule has 1 amide bonds. The van der Waals surface area contributed by atoms with Gasteiger partial charge in [-0.05, 0) is 18.2 Å². The number of aromatic nitrogens is 2. The molecule has 0 saturated carbocycles. The van der Waals surface area contributed by atoms with Gasteiger partial charge in [0.15, 0.2) is 6.61 Å². The Bertz CT molecular complexity index is 1240. The fourth-order valence-electron chi connectivity index (χ4n) is 3.15. The van der Waals surface area contributed by atoms with Crippen LogP contribution in [0.4, 0.5) is 11.6 Å². The molecule has 4 rings (SSSR count). The average molecular weight is 420 g/mol. The number of benzene rings is 2. The molecule has 2 aromatic heterocycles. The number of anilines is 2. The predicted octanol–water partition coefficient (Wildman–Crippen LogP) is 3.00. The van der Waals surface area contributed by atoms with Gasteiger partial charge in [-0.2, -0.15) is 0 Å². The predicted molar refractivity (Wildman–Crippen MR) is 115 cm³/mol. The summed E-state index contributed by atoms with van der Waals surface area (Å²) in [5.41, 5.74) is 1.77. The highest BCUT2D eigenvalue weighted by Gasteiger charge is 2.16. The number of nitrogens with zero attached hydrogens (tertiary/aromatic N) is 3. The zero-order valence-electron chi connectivity index (χ0n) is 17.0. The third kappa shape index (κ3) is 4.40. The van der Waals surface area contributed by atoms with Crippen LogP contribution in [0.25, 0.3) is 21.9 Å². The number of carbonyl (C=O) groups excluding carboxylic acids is 2. The maximum Gasteiger partial charge on any atom is 0.326 e. The van der Waals surface area contributed by atoms with E-state index in [9.17, 15) is 9.59 Å². The topological polar surface area (TPSA) is 107 Å². The van der Waals surface area contributed by atoms with Crippen molar-refractivity contribution < 1.29 is 23.5 Å². The second-order valence-electron chi connectivity index (χ2n) is 6.76. The Balaban J connectivity index is 1.41. The van der Waals surface area contributed by atoms with Crippen molar-refractivity contribution in [2.45, 2.75) is 0 Å². The van der Waals surface area contributed by atoms with Crippen molar-refractivity contribution in [3.05, 3.63) is 54.9 Å². The first-order chi connectivity index (χ1) is 15.0. The van der Waals surface area contributed by atoms with Crippen LogP contribution in [0.15, 0.2) is 59.3 Å². The van der Waals surface area contributed by atoms with Gasteiger partial charge in [0, 0.05) is 36.3 Å². The van der Waals surface area contributed by atoms with Crippen LogP contribution in [0, 0.1) is 0 Å². The maximum absolute atomic E-state index is 12.3. The van der Waals surface area contributed by atoms with E-state index in [0.29, 0.717) is 23.0 Å². The van der Waals surface area contributed by atoms with Crippen molar-refractivity contribution in [2.75, 3.05) is 37.5 Å². The SMILES string of the molecule is COc1cc2c(cc1NC(=O)COC(=O)CN(C)c1ncccn1)oc1ccccc12. The fraction of sp³-hybridized carbons (Fsp3) is 0.182. The summed E-state index contributed by atoms with van der Waals surface area (Å²) in [7, 11) is 3.17. The van der Waals surface area contributed by atoms with Gasteiger partial charge in [0.25, 0.3) is 5.91 Å². The zero-order chi connectivity index (χ0) is 21.8. The molecular formula is C22H20N4O5. The van der Waals surface area contributed by atoms with Crippen molar-refractivity contribution >= 4 is 45.5 Å². The first-order valence-electron chi connectivity index (χ1n) is 9.48. The molecule has 1 N–H and O–H groups in total. The molecule has 0 unspecified atom stereocenters. The molecule has 0 aliphatic rings. The number of carbonyl (C=O) groups is 2. The molecule has 158 valence electrons. The number of hydrogen-bond acceptors (Lipinski definition) is 8. The minimum atomic E-state index is -0.579. The Labute approximate surface area is 177 Å². The molecular weight excluding hydrogens is 400 g/mol. The van der Waals surface area contributed by atoms with E-state index in [4.69, 9.17) is 13.9 Å². The Morgan fingerprint density at radius 2 is 1.84 bits per heavy atom. The molecule has 2 aromatic carbocycles. The van der Waals surface area contributed by atoms with Gasteiger partial charge in [0.1, 0.15) is 23.5 Å². The summed E-state index contributed by atoms with van der Waals surface area (Å²) in [5.74, 6) is -0.224. The molecule has 0 fully saturated rings. The number of rotatable bonds is 7. The molecule has 9 nitrogen and oxygen atoms in total. The van der Waals surface area contributed by atoms with Crippen LogP contribution in [0.1, 0.15) is 0 Å². The van der Waals surface area contributed by atoms with Crippen LogP contribution < -0.4 is 15.0 Å². The van der Waals surface area contributed by atoms with Gasteiger partial charge in [-0.25, -0.2) is 9.97 Å². The lowest BCUT2D eigenvalue weighted by atomic mass is 10.1. The fourth-order valence-corrected chi connectivity index (χ4v) is 3.15. The molecule has 0 saturated heterocycles. The highest BCUT2D eigenvalue weighted by molar-refractivity contribution is 6.07. The standard InChI is InChI=1S/C22H20N4O5/c1-26(22-23-8-5-9-24-22)12-21(28)30-13-20(27)25-16-11-18-15(10-19(16)29-2)14-6-3-4-7-17(14)31-18/h3-11H,12-13H2,1-2H3,(H,25,27). The summed E-state index contributed by atoms with van der Waals surface area (Å²) in [6.45, 7) is -0.533. The van der Waals surface area contributed by atoms with Crippen LogP contribution in [0.3, 0.4) is 0 Å². The Morgan fingerprint density at radius 1 is 1.06 bits per heavy atom. The monoisotopic (exact) mass is 420 g/mol. The molecule has 4 aromatic rings. The lowest BCUT2D eigenvalue weighted by Gasteiger charge is -2.15. The highest BCUT2D eigenvalue weighted by atomic mass is 16.5. The van der Waals surface area contributed by atoms with Gasteiger partial charge in [0.05, 0.1) is 12.8 Å². The third-order valence-electron chi connectivity index (χ3n) is 4.60. The van der Waals surface area contributed by atoms with Crippen molar-refractivity contribution in [1.82, 2.24) is 9.97 Å². The van der Waals surface area contributed by atoms with Crippen LogP contribution >= 0.6 is 0 Å². The van der Waals surface area contributed by atoms with Gasteiger partial charge in [0.2, 0.25) is 5.95 Å². The van der Waals surface area contributed by atoms with Crippen molar-refractivity contribution in [3.8, 4) is 5.75 Å². The molecule has 0 bridgehead atoms. The van der Waals surface area contributed by atoms with Gasteiger partial charge < -0.3 is 24.1 Å². The molecule has 0 spiro atoms. The summed E-state index contributed by atoms with van der Waals surface area (Å²) in [6, 6.07) is 12.8. The number of para-hydroxylation sites is 1. The highest BCUT2D eigenvalue weighted by Crippen LogP contribution is 2.36. The van der Waals surface area contributed by atoms with Gasteiger partial charge in [-0.3, -0.25) is 9.59 Å². The van der Waals surface area contributed by atoms with Gasteiger partial charge in [-0.1, -0.05) is 18.2 Å². The minimum absolute atomic E-state index is 0.0917. The number of furan rings is 1. The Hall–Kier alpha value is -4.14. The molecule has 0 atom stereocenters. The van der Waals surface area contributed by atoms with Crippen LogP contribution in [0.2, 0.25) is 0 Å². The van der Waals surface area contributed by atoms with Crippen molar-refractivity contribution in [2.24, 2.45) is 0 Å². The summed E-state index contributed by atoms with van der Waals surface area (Å²) in [6.07, 6.45) is 3.15. The first kappa shape index (κ1) is 20.1. The van der Waals surface area contributed by atoms with Crippen LogP contribution in [-0.2, 0) is 14.3 Å². The van der Waals surface area contributed by atoms with E-state index in [-0.39, 0.29) is 6.54 Å². The van der Waals surface area contributed by atoms with E-state index in [2.05, 4.69) is 15.3 Å². The van der Waals surface area contributed by atoms with E-state index in [1.54, 1.807) is 37.6 Å². The van der Waals surface area contributed by atoms with Crippen molar-refractivity contribution in [1.29, 1.82) is 0 Å². The molecule has 0 radical (unpaired) electrons. The number of esters is 1. The molecule has 31 heavy (non-hydrogen) atoms.